The molecule has 178 valence electrons. The molecular formula is C21H26ClN5O5S. The van der Waals surface area contributed by atoms with Gasteiger partial charge in [0.25, 0.3) is 5.91 Å². The van der Waals surface area contributed by atoms with E-state index in [9.17, 15) is 23.1 Å². The highest BCUT2D eigenvalue weighted by molar-refractivity contribution is 7.89. The number of phenols is 1. The molecule has 1 fully saturated rings. The number of hydrogen-bond acceptors (Lipinski definition) is 6. The molecule has 2 aromatic carbocycles. The van der Waals surface area contributed by atoms with Crippen LogP contribution in [0.15, 0.2) is 41.3 Å². The molecule has 0 atom stereocenters. The molecule has 12 heteroatoms. The molecule has 0 radical (unpaired) electrons. The van der Waals surface area contributed by atoms with Crippen molar-refractivity contribution in [1.82, 2.24) is 19.8 Å². The number of amides is 3. The summed E-state index contributed by atoms with van der Waals surface area (Å²) in [5.41, 5.74) is 1.03. The summed E-state index contributed by atoms with van der Waals surface area (Å²) in [4.78, 5) is 25.9. The monoisotopic (exact) mass is 495 g/mol. The summed E-state index contributed by atoms with van der Waals surface area (Å²) in [7, 11) is -1.01. The number of rotatable bonds is 9. The average molecular weight is 496 g/mol. The lowest BCUT2D eigenvalue weighted by molar-refractivity contribution is 0.0950. The number of sulfonamides is 1. The van der Waals surface area contributed by atoms with Gasteiger partial charge in [0.1, 0.15) is 5.75 Å². The molecule has 0 saturated carbocycles. The van der Waals surface area contributed by atoms with Gasteiger partial charge in [-0.25, -0.2) is 17.5 Å². The minimum atomic E-state index is -3.81. The molecule has 0 spiro atoms. The Labute approximate surface area is 197 Å². The van der Waals surface area contributed by atoms with Crippen molar-refractivity contribution in [3.8, 4) is 5.75 Å². The minimum Gasteiger partial charge on any atom is -0.508 e. The van der Waals surface area contributed by atoms with Crippen LogP contribution in [0.1, 0.15) is 15.9 Å². The Morgan fingerprint density at radius 1 is 1.24 bits per heavy atom. The largest absolute Gasteiger partial charge is 0.508 e. The first-order chi connectivity index (χ1) is 15.6. The Morgan fingerprint density at radius 3 is 2.67 bits per heavy atom. The SMILES string of the molecule is CN(C)S(=O)(=O)c1cc(NCc2cc(Cl)ccc2O)cc(C(=O)NCCN2CCNC2=O)c1. The molecule has 4 N–H and O–H groups in total. The molecule has 0 unspecified atom stereocenters. The number of halogens is 1. The average Bonchev–Trinajstić information content (AvgIpc) is 3.18. The fourth-order valence-corrected chi connectivity index (χ4v) is 4.38. The fraction of sp³-hybridized carbons (Fsp3) is 0.333. The highest BCUT2D eigenvalue weighted by Crippen LogP contribution is 2.25. The van der Waals surface area contributed by atoms with Crippen LogP contribution >= 0.6 is 11.6 Å². The second kappa shape index (κ2) is 10.3. The highest BCUT2D eigenvalue weighted by atomic mass is 35.5. The molecule has 2 aromatic rings. The molecule has 0 aliphatic carbocycles. The molecule has 10 nitrogen and oxygen atoms in total. The summed E-state index contributed by atoms with van der Waals surface area (Å²) in [6.07, 6.45) is 0. The van der Waals surface area contributed by atoms with Crippen molar-refractivity contribution < 1.29 is 23.1 Å². The van der Waals surface area contributed by atoms with Gasteiger partial charge in [0, 0.05) is 68.7 Å². The molecule has 0 aromatic heterocycles. The van der Waals surface area contributed by atoms with E-state index in [1.807, 2.05) is 0 Å². The van der Waals surface area contributed by atoms with Crippen LogP contribution in [0.3, 0.4) is 0 Å². The zero-order chi connectivity index (χ0) is 24.2. The van der Waals surface area contributed by atoms with Crippen LogP contribution in [-0.2, 0) is 16.6 Å². The Balaban J connectivity index is 1.80. The zero-order valence-electron chi connectivity index (χ0n) is 18.3. The maximum atomic E-state index is 12.8. The number of carbonyl (C=O) groups excluding carboxylic acids is 2. The molecule has 1 heterocycles. The summed E-state index contributed by atoms with van der Waals surface area (Å²) in [5, 5.41) is 18.9. The van der Waals surface area contributed by atoms with E-state index >= 15 is 0 Å². The van der Waals surface area contributed by atoms with Gasteiger partial charge < -0.3 is 26.0 Å². The number of phenolic OH excluding ortho intramolecular Hbond substituents is 1. The van der Waals surface area contributed by atoms with E-state index in [1.54, 1.807) is 17.0 Å². The van der Waals surface area contributed by atoms with Crippen molar-refractivity contribution in [1.29, 1.82) is 0 Å². The van der Waals surface area contributed by atoms with Crippen molar-refractivity contribution >= 4 is 39.2 Å². The predicted molar refractivity (Wildman–Crippen MR) is 125 cm³/mol. The first-order valence-corrected chi connectivity index (χ1v) is 12.0. The van der Waals surface area contributed by atoms with Gasteiger partial charge in [-0.3, -0.25) is 4.79 Å². The smallest absolute Gasteiger partial charge is 0.317 e. The number of aromatic hydroxyl groups is 1. The first kappa shape index (κ1) is 24.6. The number of urea groups is 1. The molecule has 0 bridgehead atoms. The van der Waals surface area contributed by atoms with Gasteiger partial charge >= 0.3 is 6.03 Å². The highest BCUT2D eigenvalue weighted by Gasteiger charge is 2.22. The van der Waals surface area contributed by atoms with Crippen molar-refractivity contribution in [2.24, 2.45) is 0 Å². The second-order valence-corrected chi connectivity index (χ2v) is 10.2. The Bertz CT molecular complexity index is 1160. The quantitative estimate of drug-likeness (QED) is 0.418. The van der Waals surface area contributed by atoms with E-state index in [2.05, 4.69) is 16.0 Å². The number of nitrogens with one attached hydrogen (secondary N) is 3. The van der Waals surface area contributed by atoms with E-state index in [0.29, 0.717) is 35.9 Å². The third-order valence-corrected chi connectivity index (χ3v) is 7.11. The molecule has 3 amide bonds. The molecule has 3 rings (SSSR count). The van der Waals surface area contributed by atoms with Crippen LogP contribution in [-0.4, -0.2) is 74.9 Å². The lowest BCUT2D eigenvalue weighted by atomic mass is 10.1. The van der Waals surface area contributed by atoms with Gasteiger partial charge in [-0.2, -0.15) is 0 Å². The lowest BCUT2D eigenvalue weighted by Gasteiger charge is -2.17. The lowest BCUT2D eigenvalue weighted by Crippen LogP contribution is -2.36. The van der Waals surface area contributed by atoms with E-state index in [1.165, 1.54) is 38.4 Å². The van der Waals surface area contributed by atoms with Crippen molar-refractivity contribution in [2.75, 3.05) is 45.6 Å². The van der Waals surface area contributed by atoms with E-state index in [0.717, 1.165) is 4.31 Å². The van der Waals surface area contributed by atoms with Crippen molar-refractivity contribution in [3.63, 3.8) is 0 Å². The van der Waals surface area contributed by atoms with Gasteiger partial charge in [-0.1, -0.05) is 11.6 Å². The van der Waals surface area contributed by atoms with Gasteiger partial charge in [0.15, 0.2) is 0 Å². The van der Waals surface area contributed by atoms with Crippen LogP contribution in [0.5, 0.6) is 5.75 Å². The molecule has 1 aliphatic heterocycles. The van der Waals surface area contributed by atoms with E-state index < -0.39 is 15.9 Å². The number of carbonyl (C=O) groups is 2. The maximum absolute atomic E-state index is 12.8. The fourth-order valence-electron chi connectivity index (χ4n) is 3.22. The molecule has 1 aliphatic rings. The first-order valence-electron chi connectivity index (χ1n) is 10.2. The second-order valence-electron chi connectivity index (χ2n) is 7.63. The predicted octanol–water partition coefficient (Wildman–Crippen LogP) is 1.66. The summed E-state index contributed by atoms with van der Waals surface area (Å²) >= 11 is 5.98. The molecular weight excluding hydrogens is 470 g/mol. The van der Waals surface area contributed by atoms with Crippen molar-refractivity contribution in [3.05, 3.63) is 52.5 Å². The number of nitrogens with zero attached hydrogens (tertiary/aromatic N) is 2. The Kier molecular flexibility index (Phi) is 7.67. The maximum Gasteiger partial charge on any atom is 0.317 e. The van der Waals surface area contributed by atoms with E-state index in [4.69, 9.17) is 11.6 Å². The summed E-state index contributed by atoms with van der Waals surface area (Å²) in [6.45, 7) is 1.84. The molecule has 1 saturated heterocycles. The summed E-state index contributed by atoms with van der Waals surface area (Å²) in [5.74, 6) is -0.438. The third kappa shape index (κ3) is 6.06. The standard InChI is InChI=1S/C21H26ClN5O5S/c1-26(2)33(31,32)18-11-14(20(29)23-5-7-27-8-6-24-21(27)30)10-17(12-18)25-13-15-9-16(22)3-4-19(15)28/h3-4,9-12,25,28H,5-8,13H2,1-2H3,(H,23,29)(H,24,30). The van der Waals surface area contributed by atoms with Gasteiger partial charge in [0.05, 0.1) is 4.90 Å². The third-order valence-electron chi connectivity index (χ3n) is 5.08. The molecule has 33 heavy (non-hydrogen) atoms. The van der Waals surface area contributed by atoms with Gasteiger partial charge in [-0.05, 0) is 36.4 Å². The summed E-state index contributed by atoms with van der Waals surface area (Å²) in [6, 6.07) is 8.67. The Hall–Kier alpha value is -3.02. The van der Waals surface area contributed by atoms with Gasteiger partial charge in [0.2, 0.25) is 10.0 Å². The van der Waals surface area contributed by atoms with Crippen molar-refractivity contribution in [2.45, 2.75) is 11.4 Å². The Morgan fingerprint density at radius 2 is 2.00 bits per heavy atom. The zero-order valence-corrected chi connectivity index (χ0v) is 19.8. The minimum absolute atomic E-state index is 0.0351. The van der Waals surface area contributed by atoms with Gasteiger partial charge in [-0.15, -0.1) is 0 Å². The van der Waals surface area contributed by atoms with Crippen LogP contribution < -0.4 is 16.0 Å². The topological polar surface area (TPSA) is 131 Å². The number of hydrogen-bond donors (Lipinski definition) is 4. The number of benzene rings is 2. The van der Waals surface area contributed by atoms with Crippen LogP contribution in [0.25, 0.3) is 0 Å². The normalized spacial score (nSPS) is 13.8. The van der Waals surface area contributed by atoms with Crippen LogP contribution in [0.4, 0.5) is 10.5 Å². The van der Waals surface area contributed by atoms with E-state index in [-0.39, 0.29) is 35.3 Å². The van der Waals surface area contributed by atoms with Crippen LogP contribution in [0.2, 0.25) is 5.02 Å². The number of anilines is 1. The van der Waals surface area contributed by atoms with Crippen LogP contribution in [0, 0.1) is 0 Å². The summed E-state index contributed by atoms with van der Waals surface area (Å²) < 4.78 is 26.5.